The number of benzene rings is 1. The van der Waals surface area contributed by atoms with Gasteiger partial charge in [0.2, 0.25) is 4.33 Å². The van der Waals surface area contributed by atoms with Gasteiger partial charge in [0.1, 0.15) is 5.75 Å². The van der Waals surface area contributed by atoms with E-state index in [1.165, 1.54) is 11.1 Å². The number of carbonyl (C=O) groups excluding carboxylic acids is 1. The van der Waals surface area contributed by atoms with Gasteiger partial charge in [-0.25, -0.2) is 0 Å². The molecule has 3 nitrogen and oxygen atoms in total. The predicted octanol–water partition coefficient (Wildman–Crippen LogP) is 5.88. The minimum Gasteiger partial charge on any atom is -0.497 e. The normalized spacial score (nSPS) is 26.5. The maximum absolute atomic E-state index is 12.5. The van der Waals surface area contributed by atoms with E-state index in [4.69, 9.17) is 39.5 Å². The molecule has 2 atom stereocenters. The van der Waals surface area contributed by atoms with Crippen LogP contribution in [-0.2, 0) is 11.3 Å². The lowest BCUT2D eigenvalue weighted by Gasteiger charge is -2.48. The van der Waals surface area contributed by atoms with Crippen molar-refractivity contribution in [2.75, 3.05) is 7.11 Å². The SMILES string of the molecule is COc1ccc(CN2C(=O)C(Cl)(Cl)C2/C=C/C2=C(C)C(Cl)CCC2(C)C)cc1. The third-order valence-electron chi connectivity index (χ3n) is 5.86. The van der Waals surface area contributed by atoms with Crippen molar-refractivity contribution in [1.29, 1.82) is 0 Å². The van der Waals surface area contributed by atoms with Crippen molar-refractivity contribution in [2.24, 2.45) is 5.41 Å². The summed E-state index contributed by atoms with van der Waals surface area (Å²) in [5.74, 6) is 0.502. The van der Waals surface area contributed by atoms with Crippen LogP contribution in [0.1, 0.15) is 39.2 Å². The molecule has 3 rings (SSSR count). The van der Waals surface area contributed by atoms with Crippen LogP contribution >= 0.6 is 34.8 Å². The Kier molecular flexibility index (Phi) is 6.10. The Labute approximate surface area is 182 Å². The lowest BCUT2D eigenvalue weighted by molar-refractivity contribution is -0.146. The fourth-order valence-electron chi connectivity index (χ4n) is 3.98. The highest BCUT2D eigenvalue weighted by Crippen LogP contribution is 2.45. The number of rotatable bonds is 5. The molecule has 2 aliphatic rings. The number of carbonyl (C=O) groups is 1. The fraction of sp³-hybridized carbons (Fsp3) is 0.500. The zero-order valence-electron chi connectivity index (χ0n) is 16.6. The van der Waals surface area contributed by atoms with Gasteiger partial charge in [-0.05, 0) is 48.4 Å². The monoisotopic (exact) mass is 441 g/mol. The van der Waals surface area contributed by atoms with Crippen molar-refractivity contribution in [1.82, 2.24) is 4.90 Å². The van der Waals surface area contributed by atoms with Gasteiger partial charge in [-0.15, -0.1) is 11.6 Å². The van der Waals surface area contributed by atoms with Crippen LogP contribution in [0.2, 0.25) is 0 Å². The Morgan fingerprint density at radius 3 is 2.50 bits per heavy atom. The first kappa shape index (κ1) is 21.5. The zero-order valence-corrected chi connectivity index (χ0v) is 18.9. The van der Waals surface area contributed by atoms with Crippen LogP contribution in [0, 0.1) is 5.41 Å². The van der Waals surface area contributed by atoms with E-state index in [1.807, 2.05) is 30.3 Å². The van der Waals surface area contributed by atoms with Gasteiger partial charge in [-0.3, -0.25) is 4.79 Å². The fourth-order valence-corrected chi connectivity index (χ4v) is 4.81. The number of likely N-dealkylation sites (tertiary alicyclic amines) is 1. The van der Waals surface area contributed by atoms with Crippen LogP contribution in [0.15, 0.2) is 47.6 Å². The first-order valence-electron chi connectivity index (χ1n) is 9.43. The van der Waals surface area contributed by atoms with Crippen LogP contribution in [0.4, 0.5) is 0 Å². The summed E-state index contributed by atoms with van der Waals surface area (Å²) in [5, 5.41) is 0.0443. The molecule has 1 aromatic rings. The highest BCUT2D eigenvalue weighted by molar-refractivity contribution is 6.60. The quantitative estimate of drug-likeness (QED) is 0.421. The Hall–Kier alpha value is -1.16. The van der Waals surface area contributed by atoms with Gasteiger partial charge >= 0.3 is 0 Å². The summed E-state index contributed by atoms with van der Waals surface area (Å²) < 4.78 is 3.75. The minimum atomic E-state index is -1.43. The average molecular weight is 443 g/mol. The molecule has 0 bridgehead atoms. The van der Waals surface area contributed by atoms with Gasteiger partial charge in [0.15, 0.2) is 0 Å². The number of halogens is 3. The molecule has 152 valence electrons. The van der Waals surface area contributed by atoms with E-state index in [0.717, 1.165) is 24.2 Å². The standard InChI is InChI=1S/C22H26Cl3NO2/c1-14-17(21(2,3)12-11-18(14)23)9-10-19-22(24,25)20(27)26(19)13-15-5-7-16(28-4)8-6-15/h5-10,18-19H,11-13H2,1-4H3/b10-9+. The van der Waals surface area contributed by atoms with Gasteiger partial charge in [0.05, 0.1) is 18.5 Å². The number of allylic oxidation sites excluding steroid dienone is 3. The van der Waals surface area contributed by atoms with Gasteiger partial charge < -0.3 is 9.64 Å². The molecule has 28 heavy (non-hydrogen) atoms. The van der Waals surface area contributed by atoms with Gasteiger partial charge in [-0.1, -0.05) is 66.9 Å². The van der Waals surface area contributed by atoms with Crippen molar-refractivity contribution in [2.45, 2.75) is 55.9 Å². The third-order valence-corrected chi connectivity index (χ3v) is 7.17. The highest BCUT2D eigenvalue weighted by atomic mass is 35.5. The van der Waals surface area contributed by atoms with Gasteiger partial charge in [0.25, 0.3) is 5.91 Å². The molecule has 1 fully saturated rings. The second-order valence-electron chi connectivity index (χ2n) is 8.19. The Morgan fingerprint density at radius 1 is 1.25 bits per heavy atom. The van der Waals surface area contributed by atoms with Crippen molar-refractivity contribution in [3.8, 4) is 5.75 Å². The predicted molar refractivity (Wildman–Crippen MR) is 116 cm³/mol. The summed E-state index contributed by atoms with van der Waals surface area (Å²) in [6.45, 7) is 6.95. The lowest BCUT2D eigenvalue weighted by Crippen LogP contribution is -2.66. The van der Waals surface area contributed by atoms with Crippen LogP contribution < -0.4 is 4.74 Å². The topological polar surface area (TPSA) is 29.5 Å². The first-order valence-corrected chi connectivity index (χ1v) is 10.6. The number of ether oxygens (including phenoxy) is 1. The number of alkyl halides is 3. The van der Waals surface area contributed by atoms with Crippen molar-refractivity contribution < 1.29 is 9.53 Å². The lowest BCUT2D eigenvalue weighted by atomic mass is 9.72. The molecular formula is C22H26Cl3NO2. The maximum atomic E-state index is 12.5. The molecule has 1 aliphatic heterocycles. The highest BCUT2D eigenvalue weighted by Gasteiger charge is 2.57. The van der Waals surface area contributed by atoms with Crippen LogP contribution in [0.25, 0.3) is 0 Å². The minimum absolute atomic E-state index is 0.0296. The molecule has 0 saturated carbocycles. The van der Waals surface area contributed by atoms with Crippen LogP contribution in [-0.4, -0.2) is 33.7 Å². The Morgan fingerprint density at radius 2 is 1.89 bits per heavy atom. The number of methoxy groups -OCH3 is 1. The summed E-state index contributed by atoms with van der Waals surface area (Å²) >= 11 is 19.2. The molecule has 0 radical (unpaired) electrons. The molecule has 0 aromatic heterocycles. The van der Waals surface area contributed by atoms with E-state index in [9.17, 15) is 4.79 Å². The Bertz CT molecular complexity index is 812. The number of nitrogens with zero attached hydrogens (tertiary/aromatic N) is 1. The largest absolute Gasteiger partial charge is 0.497 e. The zero-order chi connectivity index (χ0) is 20.7. The van der Waals surface area contributed by atoms with E-state index in [-0.39, 0.29) is 16.7 Å². The van der Waals surface area contributed by atoms with Crippen molar-refractivity contribution in [3.63, 3.8) is 0 Å². The first-order chi connectivity index (χ1) is 13.1. The molecule has 2 unspecified atom stereocenters. The number of hydrogen-bond acceptors (Lipinski definition) is 2. The summed E-state index contributed by atoms with van der Waals surface area (Å²) in [4.78, 5) is 14.2. The van der Waals surface area contributed by atoms with Gasteiger partial charge in [-0.2, -0.15) is 0 Å². The molecule has 1 aromatic carbocycles. The van der Waals surface area contributed by atoms with E-state index < -0.39 is 10.4 Å². The summed E-state index contributed by atoms with van der Waals surface area (Å²) in [6.07, 6.45) is 5.99. The van der Waals surface area contributed by atoms with Crippen molar-refractivity contribution in [3.05, 3.63) is 53.1 Å². The molecule has 1 saturated heterocycles. The van der Waals surface area contributed by atoms with E-state index in [2.05, 4.69) is 26.8 Å². The summed E-state index contributed by atoms with van der Waals surface area (Å²) in [6, 6.07) is 7.23. The Balaban J connectivity index is 1.82. The molecule has 1 aliphatic carbocycles. The number of hydrogen-bond donors (Lipinski definition) is 0. The second-order valence-corrected chi connectivity index (χ2v) is 10.1. The van der Waals surface area contributed by atoms with Crippen molar-refractivity contribution >= 4 is 40.7 Å². The molecule has 6 heteroatoms. The summed E-state index contributed by atoms with van der Waals surface area (Å²) in [5.41, 5.74) is 3.40. The number of amides is 1. The summed E-state index contributed by atoms with van der Waals surface area (Å²) in [7, 11) is 1.62. The molecular weight excluding hydrogens is 417 g/mol. The third kappa shape index (κ3) is 3.94. The van der Waals surface area contributed by atoms with Crippen LogP contribution in [0.5, 0.6) is 5.75 Å². The molecule has 0 spiro atoms. The van der Waals surface area contributed by atoms with E-state index in [0.29, 0.717) is 6.54 Å². The molecule has 0 N–H and O–H groups in total. The van der Waals surface area contributed by atoms with E-state index >= 15 is 0 Å². The van der Waals surface area contributed by atoms with E-state index in [1.54, 1.807) is 12.0 Å². The maximum Gasteiger partial charge on any atom is 0.262 e. The second kappa shape index (κ2) is 7.93. The molecule has 1 amide bonds. The van der Waals surface area contributed by atoms with Crippen LogP contribution in [0.3, 0.4) is 0 Å². The van der Waals surface area contributed by atoms with Gasteiger partial charge in [0, 0.05) is 6.54 Å². The average Bonchev–Trinajstić information content (AvgIpc) is 2.66. The molecule has 1 heterocycles. The number of β-lactam (4-membered cyclic amide) rings is 1. The smallest absolute Gasteiger partial charge is 0.262 e.